The molecule has 0 unspecified atom stereocenters. The molecule has 0 bridgehead atoms. The minimum absolute atomic E-state index is 0.850. The quantitative estimate of drug-likeness (QED) is 0.398. The summed E-state index contributed by atoms with van der Waals surface area (Å²) in [5, 5.41) is 0. The molecule has 0 aromatic heterocycles. The van der Waals surface area contributed by atoms with Crippen LogP contribution in [0.2, 0.25) is 4.44 Å². The van der Waals surface area contributed by atoms with Crippen LogP contribution in [0, 0.1) is 9.86 Å². The molecule has 0 N–H and O–H groups in total. The van der Waals surface area contributed by atoms with Crippen molar-refractivity contribution in [2.45, 2.75) is 63.2 Å². The molecule has 1 nitrogen and oxygen atoms in total. The summed E-state index contributed by atoms with van der Waals surface area (Å²) < 4.78 is 15.3. The fourth-order valence-electron chi connectivity index (χ4n) is 1.32. The first-order valence-electron chi connectivity index (χ1n) is 5.83. The molecule has 0 aromatic rings. The fraction of sp³-hybridized carbons (Fsp3) is 0.833. The molecule has 2 heteroatoms. The van der Waals surface area contributed by atoms with Gasteiger partial charge in [-0.15, -0.1) is 0 Å². The molecule has 0 heterocycles. The first kappa shape index (κ1) is 14.2. The topological polar surface area (TPSA) is 17.1 Å². The Morgan fingerprint density at radius 1 is 1.00 bits per heavy atom. The van der Waals surface area contributed by atoms with Crippen molar-refractivity contribution in [2.24, 2.45) is 0 Å². The number of unbranched alkanes of at least 4 members (excludes halogenated alkanes) is 5. The molecule has 0 atom stereocenters. The van der Waals surface area contributed by atoms with Crippen LogP contribution in [0.1, 0.15) is 58.8 Å². The van der Waals surface area contributed by atoms with Gasteiger partial charge in [0.05, 0.1) is 0 Å². The van der Waals surface area contributed by atoms with Gasteiger partial charge in [-0.25, -0.2) is 0 Å². The van der Waals surface area contributed by atoms with Gasteiger partial charge in [-0.3, -0.25) is 0 Å². The van der Waals surface area contributed by atoms with E-state index in [2.05, 4.69) is 16.8 Å². The van der Waals surface area contributed by atoms with Crippen LogP contribution in [0.3, 0.4) is 0 Å². The standard InChI is InChI=1S/C8H17.C4H5.O.Sn/c1-3-5-7-8-6-4-2;1-3-4-2;;/h1,3-8H2,2H3;3H2,1H3;;. The van der Waals surface area contributed by atoms with Crippen molar-refractivity contribution < 1.29 is 3.08 Å². The summed E-state index contributed by atoms with van der Waals surface area (Å²) >= 11 is -2.41. The summed E-state index contributed by atoms with van der Waals surface area (Å²) in [4.78, 5) is 0. The van der Waals surface area contributed by atoms with E-state index in [0.29, 0.717) is 0 Å². The molecule has 0 saturated carbocycles. The van der Waals surface area contributed by atoms with E-state index in [1.165, 1.54) is 32.1 Å². The first-order chi connectivity index (χ1) is 6.81. The zero-order chi connectivity index (χ0) is 10.6. The Morgan fingerprint density at radius 3 is 2.29 bits per heavy atom. The van der Waals surface area contributed by atoms with Crippen molar-refractivity contribution in [1.82, 2.24) is 0 Å². The number of rotatable bonds is 7. The number of hydrogen-bond acceptors (Lipinski definition) is 1. The summed E-state index contributed by atoms with van der Waals surface area (Å²) in [6.07, 6.45) is 8.53. The van der Waals surface area contributed by atoms with Gasteiger partial charge in [0, 0.05) is 0 Å². The molecule has 0 aliphatic heterocycles. The van der Waals surface area contributed by atoms with Crippen LogP contribution in [0.5, 0.6) is 0 Å². The minimum atomic E-state index is -2.41. The van der Waals surface area contributed by atoms with Gasteiger partial charge >= 0.3 is 95.9 Å². The van der Waals surface area contributed by atoms with E-state index in [4.69, 9.17) is 0 Å². The fourth-order valence-corrected chi connectivity index (χ4v) is 4.37. The van der Waals surface area contributed by atoms with Gasteiger partial charge in [-0.1, -0.05) is 0 Å². The third-order valence-electron chi connectivity index (χ3n) is 2.16. The van der Waals surface area contributed by atoms with E-state index in [1.54, 1.807) is 0 Å². The Morgan fingerprint density at radius 2 is 1.64 bits per heavy atom. The molecule has 0 amide bonds. The molecular weight excluding hydrogens is 279 g/mol. The summed E-state index contributed by atoms with van der Waals surface area (Å²) in [5.74, 6) is 2.93. The molecule has 0 saturated heterocycles. The zero-order valence-corrected chi connectivity index (χ0v) is 12.4. The summed E-state index contributed by atoms with van der Waals surface area (Å²) in [5.41, 5.74) is 0. The van der Waals surface area contributed by atoms with Crippen LogP contribution in [0.15, 0.2) is 0 Å². The van der Waals surface area contributed by atoms with Crippen LogP contribution in [0.4, 0.5) is 0 Å². The van der Waals surface area contributed by atoms with Crippen molar-refractivity contribution >= 4 is 19.7 Å². The van der Waals surface area contributed by atoms with Gasteiger partial charge in [-0.05, 0) is 0 Å². The summed E-state index contributed by atoms with van der Waals surface area (Å²) in [7, 11) is 0. The van der Waals surface area contributed by atoms with Crippen molar-refractivity contribution in [1.29, 1.82) is 0 Å². The molecule has 0 aromatic carbocycles. The van der Waals surface area contributed by atoms with Crippen molar-refractivity contribution in [3.63, 3.8) is 0 Å². The molecule has 0 aliphatic carbocycles. The van der Waals surface area contributed by atoms with Crippen molar-refractivity contribution in [3.05, 3.63) is 0 Å². The Labute approximate surface area is 95.8 Å². The average Bonchev–Trinajstić information content (AvgIpc) is 2.20. The molecular formula is C12H22OSn. The predicted octanol–water partition coefficient (Wildman–Crippen LogP) is 3.72. The van der Waals surface area contributed by atoms with Crippen LogP contribution >= 0.6 is 0 Å². The van der Waals surface area contributed by atoms with Gasteiger partial charge in [-0.2, -0.15) is 0 Å². The summed E-state index contributed by atoms with van der Waals surface area (Å²) in [6.45, 7) is 4.23. The van der Waals surface area contributed by atoms with Gasteiger partial charge in [0.25, 0.3) is 0 Å². The Kier molecular flexibility index (Phi) is 11.4. The Balaban J connectivity index is 3.23. The maximum atomic E-state index is 11.4. The van der Waals surface area contributed by atoms with E-state index in [-0.39, 0.29) is 0 Å². The molecule has 0 radical (unpaired) electrons. The average molecular weight is 301 g/mol. The first-order valence-corrected chi connectivity index (χ1v) is 10.4. The maximum absolute atomic E-state index is 11.4. The second-order valence-electron chi connectivity index (χ2n) is 3.60. The number of hydrogen-bond donors (Lipinski definition) is 0. The summed E-state index contributed by atoms with van der Waals surface area (Å²) in [6, 6.07) is 0. The van der Waals surface area contributed by atoms with E-state index in [9.17, 15) is 3.08 Å². The Hall–Kier alpha value is 0.159. The van der Waals surface area contributed by atoms with Crippen molar-refractivity contribution in [3.8, 4) is 9.86 Å². The molecule has 0 fully saturated rings. The zero-order valence-electron chi connectivity index (χ0n) is 9.57. The SMILES string of the molecule is CCC#[C][Sn](=[O])[CH2]CCCCCCC. The van der Waals surface area contributed by atoms with Crippen LogP contribution < -0.4 is 0 Å². The third-order valence-corrected chi connectivity index (χ3v) is 5.77. The second kappa shape index (κ2) is 11.2. The predicted molar refractivity (Wildman–Crippen MR) is 62.7 cm³/mol. The molecule has 80 valence electrons. The second-order valence-corrected chi connectivity index (χ2v) is 8.15. The van der Waals surface area contributed by atoms with Crippen molar-refractivity contribution in [2.75, 3.05) is 0 Å². The molecule has 0 aliphatic rings. The van der Waals surface area contributed by atoms with Gasteiger partial charge in [0.1, 0.15) is 0 Å². The van der Waals surface area contributed by atoms with E-state index in [1.807, 2.05) is 6.92 Å². The van der Waals surface area contributed by atoms with Crippen LogP contribution in [0.25, 0.3) is 0 Å². The monoisotopic (exact) mass is 302 g/mol. The molecule has 0 rings (SSSR count). The van der Waals surface area contributed by atoms with E-state index < -0.39 is 19.7 Å². The van der Waals surface area contributed by atoms with Gasteiger partial charge < -0.3 is 0 Å². The Bertz CT molecular complexity index is 200. The van der Waals surface area contributed by atoms with E-state index in [0.717, 1.165) is 17.3 Å². The normalized spacial score (nSPS) is 9.29. The van der Waals surface area contributed by atoms with E-state index >= 15 is 0 Å². The molecule has 0 spiro atoms. The van der Waals surface area contributed by atoms with Crippen LogP contribution in [-0.2, 0) is 3.08 Å². The molecule has 14 heavy (non-hydrogen) atoms. The van der Waals surface area contributed by atoms with Gasteiger partial charge in [0.2, 0.25) is 0 Å². The van der Waals surface area contributed by atoms with Gasteiger partial charge in [0.15, 0.2) is 0 Å². The van der Waals surface area contributed by atoms with Crippen LogP contribution in [-0.4, -0.2) is 19.7 Å². The third kappa shape index (κ3) is 10.2.